The summed E-state index contributed by atoms with van der Waals surface area (Å²) in [4.78, 5) is 25.1. The van der Waals surface area contributed by atoms with Gasteiger partial charge in [0.25, 0.3) is 5.91 Å². The zero-order valence-corrected chi connectivity index (χ0v) is 18.3. The number of nitrogens with one attached hydrogen (secondary N) is 1. The van der Waals surface area contributed by atoms with Crippen LogP contribution >= 0.6 is 0 Å². The summed E-state index contributed by atoms with van der Waals surface area (Å²) in [7, 11) is 0. The molecular formula is C27H22N2O4. The Labute approximate surface area is 191 Å². The predicted octanol–water partition coefficient (Wildman–Crippen LogP) is 4.89. The highest BCUT2D eigenvalue weighted by Gasteiger charge is 2.17. The average molecular weight is 438 g/mol. The Morgan fingerprint density at radius 3 is 2.48 bits per heavy atom. The van der Waals surface area contributed by atoms with Gasteiger partial charge in [0, 0.05) is 17.7 Å². The fraction of sp³-hybridized carbons (Fsp3) is 0.148. The second-order valence-corrected chi connectivity index (χ2v) is 7.82. The number of fused-ring (bicyclic) bond motifs is 1. The molecule has 0 aliphatic rings. The van der Waals surface area contributed by atoms with Gasteiger partial charge in [0.15, 0.2) is 6.61 Å². The lowest BCUT2D eigenvalue weighted by Gasteiger charge is -2.14. The SMILES string of the molecule is Cc1cc(OCC(=O)Nc2ccc(C#N)cc2)c2c(C)c(Cc3ccccc3)c(=O)oc2c1. The van der Waals surface area contributed by atoms with E-state index in [0.717, 1.165) is 16.7 Å². The van der Waals surface area contributed by atoms with Crippen molar-refractivity contribution in [1.82, 2.24) is 0 Å². The number of carbonyl (C=O) groups is 1. The van der Waals surface area contributed by atoms with Crippen LogP contribution in [0.4, 0.5) is 5.69 Å². The first-order valence-corrected chi connectivity index (χ1v) is 10.5. The number of carbonyl (C=O) groups excluding carboxylic acids is 1. The molecule has 0 spiro atoms. The summed E-state index contributed by atoms with van der Waals surface area (Å²) in [5.74, 6) is 0.143. The molecule has 0 fully saturated rings. The molecule has 6 nitrogen and oxygen atoms in total. The summed E-state index contributed by atoms with van der Waals surface area (Å²) in [5.41, 5.74) is 4.32. The zero-order valence-electron chi connectivity index (χ0n) is 18.3. The number of amides is 1. The molecule has 33 heavy (non-hydrogen) atoms. The number of rotatable bonds is 6. The van der Waals surface area contributed by atoms with Crippen molar-refractivity contribution in [3.05, 3.63) is 105 Å². The molecule has 0 atom stereocenters. The van der Waals surface area contributed by atoms with Crippen molar-refractivity contribution in [2.24, 2.45) is 0 Å². The van der Waals surface area contributed by atoms with E-state index in [1.807, 2.05) is 56.3 Å². The molecule has 0 saturated heterocycles. The van der Waals surface area contributed by atoms with Crippen molar-refractivity contribution in [3.63, 3.8) is 0 Å². The molecule has 164 valence electrons. The summed E-state index contributed by atoms with van der Waals surface area (Å²) < 4.78 is 11.5. The van der Waals surface area contributed by atoms with E-state index in [9.17, 15) is 9.59 Å². The molecule has 0 aliphatic heterocycles. The van der Waals surface area contributed by atoms with Gasteiger partial charge in [-0.3, -0.25) is 4.79 Å². The van der Waals surface area contributed by atoms with Crippen LogP contribution in [0.3, 0.4) is 0 Å². The summed E-state index contributed by atoms with van der Waals surface area (Å²) in [6.45, 7) is 3.53. The summed E-state index contributed by atoms with van der Waals surface area (Å²) in [6, 6.07) is 21.9. The largest absolute Gasteiger partial charge is 0.483 e. The average Bonchev–Trinajstić information content (AvgIpc) is 2.81. The first-order chi connectivity index (χ1) is 15.9. The molecule has 1 aromatic heterocycles. The second kappa shape index (κ2) is 9.41. The van der Waals surface area contributed by atoms with E-state index >= 15 is 0 Å². The van der Waals surface area contributed by atoms with Crippen molar-refractivity contribution in [2.75, 3.05) is 11.9 Å². The molecule has 4 rings (SSSR count). The van der Waals surface area contributed by atoms with E-state index in [4.69, 9.17) is 14.4 Å². The number of ether oxygens (including phenoxy) is 1. The molecule has 6 heteroatoms. The molecule has 0 aliphatic carbocycles. The maximum absolute atomic E-state index is 12.7. The fourth-order valence-electron chi connectivity index (χ4n) is 3.72. The van der Waals surface area contributed by atoms with Crippen molar-refractivity contribution in [3.8, 4) is 11.8 Å². The van der Waals surface area contributed by atoms with E-state index in [0.29, 0.717) is 40.0 Å². The Hall–Kier alpha value is -4.37. The minimum atomic E-state index is -0.376. The Kier molecular flexibility index (Phi) is 6.23. The van der Waals surface area contributed by atoms with Crippen molar-refractivity contribution in [2.45, 2.75) is 20.3 Å². The lowest BCUT2D eigenvalue weighted by Crippen LogP contribution is -2.20. The van der Waals surface area contributed by atoms with Crippen LogP contribution in [-0.2, 0) is 11.2 Å². The van der Waals surface area contributed by atoms with Gasteiger partial charge in [0.05, 0.1) is 17.0 Å². The maximum atomic E-state index is 12.7. The van der Waals surface area contributed by atoms with Gasteiger partial charge in [-0.1, -0.05) is 30.3 Å². The van der Waals surface area contributed by atoms with Crippen LogP contribution in [0.25, 0.3) is 11.0 Å². The van der Waals surface area contributed by atoms with Crippen LogP contribution in [0.15, 0.2) is 75.9 Å². The van der Waals surface area contributed by atoms with Gasteiger partial charge in [-0.15, -0.1) is 0 Å². The highest BCUT2D eigenvalue weighted by molar-refractivity contribution is 5.93. The van der Waals surface area contributed by atoms with Gasteiger partial charge >= 0.3 is 5.63 Å². The van der Waals surface area contributed by atoms with Gasteiger partial charge in [-0.2, -0.15) is 5.26 Å². The predicted molar refractivity (Wildman–Crippen MR) is 126 cm³/mol. The highest BCUT2D eigenvalue weighted by Crippen LogP contribution is 2.31. The first kappa shape index (κ1) is 21.8. The molecule has 1 heterocycles. The van der Waals surface area contributed by atoms with E-state index in [1.165, 1.54) is 0 Å². The van der Waals surface area contributed by atoms with Crippen LogP contribution in [0.2, 0.25) is 0 Å². The van der Waals surface area contributed by atoms with Gasteiger partial charge < -0.3 is 14.5 Å². The molecule has 0 saturated carbocycles. The van der Waals surface area contributed by atoms with Crippen LogP contribution < -0.4 is 15.7 Å². The normalized spacial score (nSPS) is 10.6. The minimum absolute atomic E-state index is 0.217. The molecule has 3 aromatic carbocycles. The topological polar surface area (TPSA) is 92.3 Å². The van der Waals surface area contributed by atoms with Crippen molar-refractivity contribution in [1.29, 1.82) is 5.26 Å². The highest BCUT2D eigenvalue weighted by atomic mass is 16.5. The van der Waals surface area contributed by atoms with E-state index in [-0.39, 0.29) is 18.1 Å². The molecular weight excluding hydrogens is 416 g/mol. The van der Waals surface area contributed by atoms with Crippen LogP contribution in [0.1, 0.15) is 27.8 Å². The number of benzene rings is 3. The molecule has 0 unspecified atom stereocenters. The molecule has 0 bridgehead atoms. The van der Waals surface area contributed by atoms with Crippen LogP contribution in [0.5, 0.6) is 5.75 Å². The standard InChI is InChI=1S/C27H22N2O4/c1-17-12-23(32-16-25(30)29-21-10-8-20(15-28)9-11-21)26-18(2)22(27(31)33-24(26)13-17)14-19-6-4-3-5-7-19/h3-13H,14,16H2,1-2H3,(H,29,30). The van der Waals surface area contributed by atoms with Gasteiger partial charge in [0.1, 0.15) is 11.3 Å². The molecule has 1 amide bonds. The van der Waals surface area contributed by atoms with Crippen molar-refractivity contribution < 1.29 is 13.9 Å². The number of nitrogens with zero attached hydrogens (tertiary/aromatic N) is 1. The zero-order chi connectivity index (χ0) is 23.4. The third-order valence-corrected chi connectivity index (χ3v) is 5.37. The van der Waals surface area contributed by atoms with E-state index < -0.39 is 0 Å². The Balaban J connectivity index is 1.61. The second-order valence-electron chi connectivity index (χ2n) is 7.82. The third-order valence-electron chi connectivity index (χ3n) is 5.37. The van der Waals surface area contributed by atoms with Crippen molar-refractivity contribution >= 4 is 22.6 Å². The molecule has 1 N–H and O–H groups in total. The monoisotopic (exact) mass is 438 g/mol. The van der Waals surface area contributed by atoms with Crippen LogP contribution in [0, 0.1) is 25.2 Å². The van der Waals surface area contributed by atoms with E-state index in [2.05, 4.69) is 5.32 Å². The number of hydrogen-bond acceptors (Lipinski definition) is 5. The number of hydrogen-bond donors (Lipinski definition) is 1. The quantitative estimate of drug-likeness (QED) is 0.433. The fourth-order valence-corrected chi connectivity index (χ4v) is 3.72. The molecule has 0 radical (unpaired) electrons. The Morgan fingerprint density at radius 1 is 1.06 bits per heavy atom. The molecule has 4 aromatic rings. The summed E-state index contributed by atoms with van der Waals surface area (Å²) >= 11 is 0. The van der Waals surface area contributed by atoms with Crippen LogP contribution in [-0.4, -0.2) is 12.5 Å². The number of nitriles is 1. The van der Waals surface area contributed by atoms with Gasteiger partial charge in [0.2, 0.25) is 0 Å². The van der Waals surface area contributed by atoms with E-state index in [1.54, 1.807) is 30.3 Å². The number of anilines is 1. The van der Waals surface area contributed by atoms with Gasteiger partial charge in [-0.25, -0.2) is 4.79 Å². The third kappa shape index (κ3) is 4.94. The smallest absolute Gasteiger partial charge is 0.340 e. The van der Waals surface area contributed by atoms with Gasteiger partial charge in [-0.05, 0) is 66.9 Å². The minimum Gasteiger partial charge on any atom is -0.483 e. The summed E-state index contributed by atoms with van der Waals surface area (Å²) in [6.07, 6.45) is 0.442. The summed E-state index contributed by atoms with van der Waals surface area (Å²) in [5, 5.41) is 12.3. The maximum Gasteiger partial charge on any atom is 0.340 e. The Bertz CT molecular complexity index is 1420. The number of aryl methyl sites for hydroxylation is 2. The Morgan fingerprint density at radius 2 is 1.79 bits per heavy atom. The lowest BCUT2D eigenvalue weighted by molar-refractivity contribution is -0.118. The lowest BCUT2D eigenvalue weighted by atomic mass is 9.98. The first-order valence-electron chi connectivity index (χ1n) is 10.5.